The summed E-state index contributed by atoms with van der Waals surface area (Å²) in [5, 5.41) is 3.01. The molecule has 4 nitrogen and oxygen atoms in total. The fourth-order valence-corrected chi connectivity index (χ4v) is 5.09. The Morgan fingerprint density at radius 3 is 2.73 bits per heavy atom. The summed E-state index contributed by atoms with van der Waals surface area (Å²) in [5.74, 6) is 0.642. The number of nitrogens with one attached hydrogen (secondary N) is 1. The maximum Gasteiger partial charge on any atom is 0.223 e. The van der Waals surface area contributed by atoms with Crippen LogP contribution in [0.5, 0.6) is 0 Å². The van der Waals surface area contributed by atoms with Crippen LogP contribution >= 0.6 is 0 Å². The Morgan fingerprint density at radius 2 is 1.95 bits per heavy atom. The fourth-order valence-electron chi connectivity index (χ4n) is 3.51. The highest BCUT2D eigenvalue weighted by atomic mass is 32.2. The Labute approximate surface area is 132 Å². The Morgan fingerprint density at radius 1 is 1.18 bits per heavy atom. The molecule has 1 aromatic rings. The molecule has 2 aliphatic rings. The Hall–Kier alpha value is -1.36. The lowest BCUT2D eigenvalue weighted by atomic mass is 10.0. The molecule has 1 heterocycles. The summed E-state index contributed by atoms with van der Waals surface area (Å²) >= 11 is 0. The van der Waals surface area contributed by atoms with Gasteiger partial charge in [0.1, 0.15) is 0 Å². The quantitative estimate of drug-likeness (QED) is 0.925. The topological polar surface area (TPSA) is 63.2 Å². The van der Waals surface area contributed by atoms with Crippen molar-refractivity contribution in [1.82, 2.24) is 5.32 Å². The van der Waals surface area contributed by atoms with Crippen LogP contribution in [0.25, 0.3) is 0 Å². The number of rotatable bonds is 4. The molecule has 0 atom stereocenters. The predicted octanol–water partition coefficient (Wildman–Crippen LogP) is 2.26. The molecule has 120 valence electrons. The zero-order valence-electron chi connectivity index (χ0n) is 12.8. The van der Waals surface area contributed by atoms with E-state index in [1.807, 2.05) is 12.1 Å². The van der Waals surface area contributed by atoms with Crippen molar-refractivity contribution in [3.8, 4) is 0 Å². The van der Waals surface area contributed by atoms with Gasteiger partial charge in [0.05, 0.1) is 10.6 Å². The molecule has 0 aromatic heterocycles. The van der Waals surface area contributed by atoms with Crippen LogP contribution in [-0.4, -0.2) is 26.6 Å². The molecule has 3 rings (SSSR count). The second-order valence-electron chi connectivity index (χ2n) is 6.39. The number of benzene rings is 1. The lowest BCUT2D eigenvalue weighted by Crippen LogP contribution is -2.31. The van der Waals surface area contributed by atoms with Crippen LogP contribution in [0, 0.1) is 5.92 Å². The molecule has 1 saturated carbocycles. The van der Waals surface area contributed by atoms with E-state index in [9.17, 15) is 13.2 Å². The third-order valence-electron chi connectivity index (χ3n) is 4.76. The summed E-state index contributed by atoms with van der Waals surface area (Å²) < 4.78 is 24.0. The van der Waals surface area contributed by atoms with E-state index < -0.39 is 9.84 Å². The van der Waals surface area contributed by atoms with E-state index in [4.69, 9.17) is 0 Å². The summed E-state index contributed by atoms with van der Waals surface area (Å²) in [5.41, 5.74) is 2.04. The first kappa shape index (κ1) is 15.5. The third kappa shape index (κ3) is 3.35. The molecule has 1 N–H and O–H groups in total. The molecule has 0 saturated heterocycles. The standard InChI is InChI=1S/C17H23NO3S/c19-17(14-4-1-2-5-14)18-10-9-13-7-8-16-15(12-13)6-3-11-22(16,20)21/h7-8,12,14H,1-6,9-11H2,(H,18,19). The van der Waals surface area contributed by atoms with E-state index in [1.165, 1.54) is 0 Å². The molecular formula is C17H23NO3S. The molecule has 0 unspecified atom stereocenters. The molecule has 1 aliphatic heterocycles. The van der Waals surface area contributed by atoms with Gasteiger partial charge in [0, 0.05) is 12.5 Å². The van der Waals surface area contributed by atoms with E-state index in [0.717, 1.165) is 49.7 Å². The number of aryl methyl sites for hydroxylation is 1. The van der Waals surface area contributed by atoms with Crippen molar-refractivity contribution < 1.29 is 13.2 Å². The Bertz CT molecular complexity index is 660. The van der Waals surface area contributed by atoms with Crippen LogP contribution < -0.4 is 5.32 Å². The minimum atomic E-state index is -3.07. The highest BCUT2D eigenvalue weighted by Crippen LogP contribution is 2.26. The van der Waals surface area contributed by atoms with Crippen LogP contribution in [0.2, 0.25) is 0 Å². The van der Waals surface area contributed by atoms with Crippen molar-refractivity contribution in [2.75, 3.05) is 12.3 Å². The molecule has 1 amide bonds. The zero-order valence-corrected chi connectivity index (χ0v) is 13.6. The number of carbonyl (C=O) groups excluding carboxylic acids is 1. The van der Waals surface area contributed by atoms with Gasteiger partial charge in [-0.2, -0.15) is 0 Å². The predicted molar refractivity (Wildman–Crippen MR) is 85.5 cm³/mol. The fraction of sp³-hybridized carbons (Fsp3) is 0.588. The van der Waals surface area contributed by atoms with E-state index in [1.54, 1.807) is 6.07 Å². The molecule has 1 aliphatic carbocycles. The van der Waals surface area contributed by atoms with Gasteiger partial charge in [-0.3, -0.25) is 4.79 Å². The van der Waals surface area contributed by atoms with Gasteiger partial charge < -0.3 is 5.32 Å². The van der Waals surface area contributed by atoms with E-state index in [0.29, 0.717) is 17.9 Å². The first-order valence-electron chi connectivity index (χ1n) is 8.18. The average molecular weight is 321 g/mol. The smallest absolute Gasteiger partial charge is 0.223 e. The van der Waals surface area contributed by atoms with Crippen molar-refractivity contribution in [1.29, 1.82) is 0 Å². The third-order valence-corrected chi connectivity index (χ3v) is 6.65. The van der Waals surface area contributed by atoms with Crippen molar-refractivity contribution in [2.24, 2.45) is 5.92 Å². The van der Waals surface area contributed by atoms with Crippen molar-refractivity contribution in [3.05, 3.63) is 29.3 Å². The highest BCUT2D eigenvalue weighted by molar-refractivity contribution is 7.91. The van der Waals surface area contributed by atoms with Gasteiger partial charge in [0.2, 0.25) is 5.91 Å². The van der Waals surface area contributed by atoms with Crippen LogP contribution in [-0.2, 0) is 27.5 Å². The summed E-state index contributed by atoms with van der Waals surface area (Å²) in [6.07, 6.45) is 6.65. The Kier molecular flexibility index (Phi) is 4.52. The number of sulfone groups is 1. The summed E-state index contributed by atoms with van der Waals surface area (Å²) in [6, 6.07) is 5.61. The number of hydrogen-bond acceptors (Lipinski definition) is 3. The van der Waals surface area contributed by atoms with Crippen LogP contribution in [0.1, 0.15) is 43.2 Å². The van der Waals surface area contributed by atoms with Crippen molar-refractivity contribution in [2.45, 2.75) is 49.8 Å². The molecule has 1 aromatic carbocycles. The highest BCUT2D eigenvalue weighted by Gasteiger charge is 2.24. The van der Waals surface area contributed by atoms with Crippen LogP contribution in [0.15, 0.2) is 23.1 Å². The molecule has 5 heteroatoms. The van der Waals surface area contributed by atoms with Gasteiger partial charge >= 0.3 is 0 Å². The monoisotopic (exact) mass is 321 g/mol. The largest absolute Gasteiger partial charge is 0.356 e. The number of amides is 1. The van der Waals surface area contributed by atoms with Crippen molar-refractivity contribution >= 4 is 15.7 Å². The second kappa shape index (κ2) is 6.41. The molecule has 1 fully saturated rings. The maximum atomic E-state index is 12.0. The summed E-state index contributed by atoms with van der Waals surface area (Å²) in [4.78, 5) is 12.5. The van der Waals surface area contributed by atoms with E-state index >= 15 is 0 Å². The van der Waals surface area contributed by atoms with Gasteiger partial charge in [0.15, 0.2) is 9.84 Å². The first-order chi connectivity index (χ1) is 10.6. The normalized spacial score (nSPS) is 20.5. The van der Waals surface area contributed by atoms with Gasteiger partial charge in [-0.05, 0) is 49.3 Å². The minimum absolute atomic E-state index is 0.179. The van der Waals surface area contributed by atoms with Gasteiger partial charge in [-0.25, -0.2) is 8.42 Å². The maximum absolute atomic E-state index is 12.0. The number of carbonyl (C=O) groups is 1. The lowest BCUT2D eigenvalue weighted by molar-refractivity contribution is -0.124. The second-order valence-corrected chi connectivity index (χ2v) is 8.46. The Balaban J connectivity index is 1.58. The minimum Gasteiger partial charge on any atom is -0.356 e. The molecular weight excluding hydrogens is 298 g/mol. The molecule has 22 heavy (non-hydrogen) atoms. The SMILES string of the molecule is O=C(NCCc1ccc2c(c1)CCCS2(=O)=O)C1CCCC1. The first-order valence-corrected chi connectivity index (χ1v) is 9.84. The van der Waals surface area contributed by atoms with Crippen LogP contribution in [0.4, 0.5) is 0 Å². The molecule has 0 bridgehead atoms. The van der Waals surface area contributed by atoms with Crippen molar-refractivity contribution in [3.63, 3.8) is 0 Å². The number of fused-ring (bicyclic) bond motifs is 1. The van der Waals surface area contributed by atoms with Gasteiger partial charge in [-0.15, -0.1) is 0 Å². The van der Waals surface area contributed by atoms with Gasteiger partial charge in [0.25, 0.3) is 0 Å². The van der Waals surface area contributed by atoms with E-state index in [-0.39, 0.29) is 17.6 Å². The lowest BCUT2D eigenvalue weighted by Gasteiger charge is -2.17. The zero-order chi connectivity index (χ0) is 15.6. The van der Waals surface area contributed by atoms with Gasteiger partial charge in [-0.1, -0.05) is 25.0 Å². The van der Waals surface area contributed by atoms with E-state index in [2.05, 4.69) is 5.32 Å². The molecule has 0 spiro atoms. The molecule has 0 radical (unpaired) electrons. The summed E-state index contributed by atoms with van der Waals surface area (Å²) in [7, 11) is -3.07. The average Bonchev–Trinajstić information content (AvgIpc) is 3.01. The summed E-state index contributed by atoms with van der Waals surface area (Å²) in [6.45, 7) is 0.626. The van der Waals surface area contributed by atoms with Crippen LogP contribution in [0.3, 0.4) is 0 Å². The number of hydrogen-bond donors (Lipinski definition) is 1.